The van der Waals surface area contributed by atoms with Crippen molar-refractivity contribution in [2.45, 2.75) is 20.0 Å². The number of methoxy groups -OCH3 is 2. The quantitative estimate of drug-likeness (QED) is 0.435. The minimum absolute atomic E-state index is 0.592. The van der Waals surface area contributed by atoms with Crippen molar-refractivity contribution in [2.75, 3.05) is 19.5 Å². The summed E-state index contributed by atoms with van der Waals surface area (Å²) in [6.07, 6.45) is 2.01. The van der Waals surface area contributed by atoms with E-state index in [2.05, 4.69) is 22.4 Å². The molecular weight excluding hydrogens is 396 g/mol. The van der Waals surface area contributed by atoms with E-state index >= 15 is 0 Å². The summed E-state index contributed by atoms with van der Waals surface area (Å²) in [5.74, 6) is 1.46. The van der Waals surface area contributed by atoms with Crippen molar-refractivity contribution < 1.29 is 9.47 Å². The van der Waals surface area contributed by atoms with E-state index in [4.69, 9.17) is 14.6 Å². The number of benzene rings is 2. The Morgan fingerprint density at radius 2 is 1.83 bits per heavy atom. The molecule has 0 saturated carbocycles. The van der Waals surface area contributed by atoms with Crippen LogP contribution in [0.5, 0.6) is 11.5 Å². The molecule has 4 rings (SSSR count). The van der Waals surface area contributed by atoms with E-state index in [1.54, 1.807) is 25.6 Å². The first-order valence-electron chi connectivity index (χ1n) is 9.67. The van der Waals surface area contributed by atoms with Gasteiger partial charge in [-0.1, -0.05) is 53.8 Å². The van der Waals surface area contributed by atoms with Crippen LogP contribution in [0.1, 0.15) is 16.8 Å². The van der Waals surface area contributed by atoms with Gasteiger partial charge >= 0.3 is 0 Å². The van der Waals surface area contributed by atoms with Gasteiger partial charge in [-0.25, -0.2) is 4.98 Å². The van der Waals surface area contributed by atoms with Crippen LogP contribution in [0, 0.1) is 6.92 Å². The highest BCUT2D eigenvalue weighted by atomic mass is 32.1. The Balaban J connectivity index is 1.48. The van der Waals surface area contributed by atoms with Crippen LogP contribution in [-0.2, 0) is 13.1 Å². The Hall–Kier alpha value is -3.32. The van der Waals surface area contributed by atoms with Crippen LogP contribution in [0.15, 0.2) is 60.8 Å². The Bertz CT molecular complexity index is 1120. The Labute approximate surface area is 180 Å². The van der Waals surface area contributed by atoms with Gasteiger partial charge in [0.05, 0.1) is 31.3 Å². The summed E-state index contributed by atoms with van der Waals surface area (Å²) in [5.41, 5.74) is 4.14. The van der Waals surface area contributed by atoms with Crippen molar-refractivity contribution in [3.63, 3.8) is 0 Å². The number of rotatable bonds is 8. The van der Waals surface area contributed by atoms with E-state index in [1.165, 1.54) is 5.56 Å². The van der Waals surface area contributed by atoms with Crippen LogP contribution in [0.2, 0.25) is 0 Å². The molecule has 2 heterocycles. The third-order valence-electron chi connectivity index (χ3n) is 4.77. The summed E-state index contributed by atoms with van der Waals surface area (Å²) in [6, 6.07) is 18.2. The van der Waals surface area contributed by atoms with Crippen LogP contribution in [-0.4, -0.2) is 29.0 Å². The van der Waals surface area contributed by atoms with Crippen LogP contribution in [0.25, 0.3) is 10.6 Å². The van der Waals surface area contributed by atoms with E-state index in [0.717, 1.165) is 45.0 Å². The molecule has 154 valence electrons. The maximum atomic E-state index is 5.51. The number of thiazole rings is 1. The average molecular weight is 421 g/mol. The predicted molar refractivity (Wildman–Crippen MR) is 120 cm³/mol. The first-order chi connectivity index (χ1) is 14.7. The predicted octanol–water partition coefficient (Wildman–Crippen LogP) is 4.99. The van der Waals surface area contributed by atoms with Gasteiger partial charge in [-0.2, -0.15) is 5.10 Å². The summed E-state index contributed by atoms with van der Waals surface area (Å²) in [7, 11) is 3.29. The molecule has 0 atom stereocenters. The fourth-order valence-electron chi connectivity index (χ4n) is 3.31. The number of anilines is 1. The minimum atomic E-state index is 0.592. The highest BCUT2D eigenvalue weighted by molar-refractivity contribution is 7.19. The summed E-state index contributed by atoms with van der Waals surface area (Å²) < 4.78 is 12.8. The second-order valence-electron chi connectivity index (χ2n) is 6.82. The number of ether oxygens (including phenoxy) is 2. The van der Waals surface area contributed by atoms with Gasteiger partial charge in [0.25, 0.3) is 0 Å². The number of aryl methyl sites for hydroxylation is 1. The first-order valence-corrected chi connectivity index (χ1v) is 10.5. The number of nitrogens with zero attached hydrogens (tertiary/aromatic N) is 3. The van der Waals surface area contributed by atoms with Gasteiger partial charge in [-0.3, -0.25) is 4.68 Å². The maximum Gasteiger partial charge on any atom is 0.183 e. The molecule has 0 saturated heterocycles. The Morgan fingerprint density at radius 3 is 2.60 bits per heavy atom. The minimum Gasteiger partial charge on any atom is -0.493 e. The summed E-state index contributed by atoms with van der Waals surface area (Å²) in [4.78, 5) is 5.75. The molecule has 0 fully saturated rings. The molecular formula is C23H24N4O2S. The van der Waals surface area contributed by atoms with E-state index in [0.29, 0.717) is 6.54 Å². The highest BCUT2D eigenvalue weighted by Gasteiger charge is 2.14. The van der Waals surface area contributed by atoms with Crippen molar-refractivity contribution in [1.82, 2.24) is 14.8 Å². The molecule has 6 nitrogen and oxygen atoms in total. The maximum absolute atomic E-state index is 5.51. The summed E-state index contributed by atoms with van der Waals surface area (Å²) in [5, 5.41) is 8.99. The molecule has 4 aromatic rings. The monoisotopic (exact) mass is 420 g/mol. The van der Waals surface area contributed by atoms with Gasteiger partial charge in [0.1, 0.15) is 5.69 Å². The normalized spacial score (nSPS) is 10.8. The molecule has 0 radical (unpaired) electrons. The van der Waals surface area contributed by atoms with Crippen molar-refractivity contribution in [1.29, 1.82) is 0 Å². The molecule has 0 unspecified atom stereocenters. The van der Waals surface area contributed by atoms with Crippen molar-refractivity contribution in [3.8, 4) is 22.1 Å². The molecule has 30 heavy (non-hydrogen) atoms. The summed E-state index contributed by atoms with van der Waals surface area (Å²) in [6.45, 7) is 3.36. The van der Waals surface area contributed by atoms with E-state index < -0.39 is 0 Å². The zero-order valence-corrected chi connectivity index (χ0v) is 18.1. The lowest BCUT2D eigenvalue weighted by atomic mass is 10.2. The van der Waals surface area contributed by atoms with Crippen molar-refractivity contribution >= 4 is 16.5 Å². The van der Waals surface area contributed by atoms with Crippen LogP contribution in [0.4, 0.5) is 5.13 Å². The molecule has 2 aromatic heterocycles. The van der Waals surface area contributed by atoms with Gasteiger partial charge in [0.15, 0.2) is 16.6 Å². The molecule has 2 aromatic carbocycles. The number of hydrogen-bond donors (Lipinski definition) is 1. The van der Waals surface area contributed by atoms with Crippen LogP contribution >= 0.6 is 11.3 Å². The Morgan fingerprint density at radius 1 is 1.00 bits per heavy atom. The van der Waals surface area contributed by atoms with Crippen LogP contribution in [0.3, 0.4) is 0 Å². The lowest BCUT2D eigenvalue weighted by molar-refractivity contribution is 0.352. The van der Waals surface area contributed by atoms with Gasteiger partial charge < -0.3 is 14.8 Å². The molecule has 0 bridgehead atoms. The fourth-order valence-corrected chi connectivity index (χ4v) is 4.24. The third-order valence-corrected chi connectivity index (χ3v) is 5.91. The third kappa shape index (κ3) is 4.31. The topological polar surface area (TPSA) is 61.2 Å². The van der Waals surface area contributed by atoms with Crippen molar-refractivity contribution in [3.05, 3.63) is 77.6 Å². The van der Waals surface area contributed by atoms with E-state index in [-0.39, 0.29) is 0 Å². The molecule has 0 spiro atoms. The zero-order valence-electron chi connectivity index (χ0n) is 17.3. The van der Waals surface area contributed by atoms with E-state index in [1.807, 2.05) is 60.3 Å². The molecule has 0 aliphatic rings. The molecule has 0 aliphatic heterocycles. The highest BCUT2D eigenvalue weighted by Crippen LogP contribution is 2.34. The number of para-hydroxylation sites is 1. The number of nitrogens with one attached hydrogen (secondary N) is 1. The van der Waals surface area contributed by atoms with Gasteiger partial charge in [0, 0.05) is 18.3 Å². The molecule has 7 heteroatoms. The zero-order chi connectivity index (χ0) is 20.9. The standard InChI is InChI=1S/C23H24N4O2S/c1-16-22(19-12-13-27(26-19)15-17-8-5-4-6-9-17)30-23(25-16)24-14-18-10-7-11-20(28-2)21(18)29-3/h4-13H,14-15H2,1-3H3,(H,24,25). The van der Waals surface area contributed by atoms with Crippen molar-refractivity contribution in [2.24, 2.45) is 0 Å². The fraction of sp³-hybridized carbons (Fsp3) is 0.217. The number of hydrogen-bond acceptors (Lipinski definition) is 6. The first kappa shape index (κ1) is 20.0. The average Bonchev–Trinajstić information content (AvgIpc) is 3.38. The molecule has 0 amide bonds. The van der Waals surface area contributed by atoms with E-state index in [9.17, 15) is 0 Å². The largest absolute Gasteiger partial charge is 0.493 e. The van der Waals surface area contributed by atoms with Crippen LogP contribution < -0.4 is 14.8 Å². The SMILES string of the molecule is COc1cccc(CNc2nc(C)c(-c3ccn(Cc4ccccc4)n3)s2)c1OC. The Kier molecular flexibility index (Phi) is 5.99. The van der Waals surface area contributed by atoms with Gasteiger partial charge in [0.2, 0.25) is 0 Å². The molecule has 1 N–H and O–H groups in total. The van der Waals surface area contributed by atoms with Gasteiger partial charge in [-0.15, -0.1) is 0 Å². The molecule has 0 aliphatic carbocycles. The lowest BCUT2D eigenvalue weighted by Crippen LogP contribution is -2.02. The second-order valence-corrected chi connectivity index (χ2v) is 7.82. The summed E-state index contributed by atoms with van der Waals surface area (Å²) >= 11 is 1.60. The smallest absolute Gasteiger partial charge is 0.183 e. The van der Waals surface area contributed by atoms with Gasteiger partial charge in [-0.05, 0) is 24.6 Å². The lowest BCUT2D eigenvalue weighted by Gasteiger charge is -2.12. The number of aromatic nitrogens is 3. The second kappa shape index (κ2) is 9.00.